The number of anilines is 3. The van der Waals surface area contributed by atoms with Crippen molar-refractivity contribution in [3.63, 3.8) is 0 Å². The van der Waals surface area contributed by atoms with Crippen LogP contribution in [0, 0.1) is 5.92 Å². The van der Waals surface area contributed by atoms with Crippen molar-refractivity contribution in [2.45, 2.75) is 62.7 Å². The molecule has 50 heavy (non-hydrogen) atoms. The quantitative estimate of drug-likeness (QED) is 0.224. The highest BCUT2D eigenvalue weighted by Crippen LogP contribution is 2.59. The lowest BCUT2D eigenvalue weighted by Gasteiger charge is -2.37. The van der Waals surface area contributed by atoms with Gasteiger partial charge in [-0.05, 0) is 73.1 Å². The largest absolute Gasteiger partial charge is 0.454 e. The molecule has 0 saturated carbocycles. The Hall–Kier alpha value is -4.81. The zero-order chi connectivity index (χ0) is 34.9. The summed E-state index contributed by atoms with van der Waals surface area (Å²) >= 11 is 0. The molecule has 10 nitrogen and oxygen atoms in total. The van der Waals surface area contributed by atoms with Gasteiger partial charge in [0.25, 0.3) is 11.8 Å². The molecule has 4 aromatic carbocycles. The van der Waals surface area contributed by atoms with Gasteiger partial charge in [0, 0.05) is 34.9 Å². The molecule has 5 atom stereocenters. The normalized spacial score (nSPS) is 25.3. The number of ether oxygens (including phenoxy) is 2. The fourth-order valence-corrected chi connectivity index (χ4v) is 11.2. The van der Waals surface area contributed by atoms with E-state index in [4.69, 9.17) is 9.47 Å². The summed E-state index contributed by atoms with van der Waals surface area (Å²) in [5.74, 6) is -0.408. The van der Waals surface area contributed by atoms with Crippen LogP contribution in [-0.4, -0.2) is 59.6 Å². The van der Waals surface area contributed by atoms with Crippen molar-refractivity contribution in [2.75, 3.05) is 16.8 Å². The summed E-state index contributed by atoms with van der Waals surface area (Å²) in [6.45, 7) is 5.73. The fraction of sp³-hybridized carbons (Fsp3) is 0.308. The van der Waals surface area contributed by atoms with Gasteiger partial charge >= 0.3 is 0 Å². The molecule has 0 radical (unpaired) electrons. The maximum atomic E-state index is 14.2. The summed E-state index contributed by atoms with van der Waals surface area (Å²) in [4.78, 5) is 57.5. The number of para-hydroxylation sites is 3. The van der Waals surface area contributed by atoms with Gasteiger partial charge in [0.2, 0.25) is 5.91 Å². The van der Waals surface area contributed by atoms with Crippen LogP contribution in [0.1, 0.15) is 40.4 Å². The molecule has 1 fully saturated rings. The highest BCUT2D eigenvalue weighted by Gasteiger charge is 2.65. The van der Waals surface area contributed by atoms with Gasteiger partial charge in [-0.15, -0.1) is 0 Å². The Morgan fingerprint density at radius 2 is 1.66 bits per heavy atom. The van der Waals surface area contributed by atoms with Gasteiger partial charge in [-0.1, -0.05) is 55.5 Å². The minimum atomic E-state index is -3.05. The monoisotopic (exact) mass is 689 g/mol. The van der Waals surface area contributed by atoms with E-state index in [1.54, 1.807) is 40.1 Å². The topological polar surface area (TPSA) is 129 Å². The summed E-state index contributed by atoms with van der Waals surface area (Å²) in [5, 5.41) is 13.3. The number of aliphatic hydroxyl groups excluding tert-OH is 1. The lowest BCUT2D eigenvalue weighted by molar-refractivity contribution is -0.149. The SMILES string of the molecule is C[C@@H]1[C@@H]([Si](C)(C)O)[C@H](CC(=O)N2Cc3ccccc3C[C@H]2CO)O[C@@]12C(=O)Nc1ccc(N3C(=O)c4ccccc4Oc4ccccc43)cc12. The fourth-order valence-electron chi connectivity index (χ4n) is 8.62. The third-order valence-electron chi connectivity index (χ3n) is 10.9. The smallest absolute Gasteiger partial charge is 0.266 e. The van der Waals surface area contributed by atoms with Crippen LogP contribution >= 0.6 is 0 Å². The molecule has 3 N–H and O–H groups in total. The lowest BCUT2D eigenvalue weighted by Crippen LogP contribution is -2.48. The number of amides is 3. The van der Waals surface area contributed by atoms with Crippen LogP contribution < -0.4 is 15.0 Å². The highest BCUT2D eigenvalue weighted by atomic mass is 28.4. The highest BCUT2D eigenvalue weighted by molar-refractivity contribution is 6.71. The van der Waals surface area contributed by atoms with Crippen molar-refractivity contribution in [3.8, 4) is 11.5 Å². The molecular weight excluding hydrogens is 651 g/mol. The molecule has 4 aromatic rings. The molecule has 0 unspecified atom stereocenters. The van der Waals surface area contributed by atoms with Gasteiger partial charge in [-0.2, -0.15) is 0 Å². The Labute approximate surface area is 291 Å². The Balaban J connectivity index is 1.18. The number of hydrogen-bond donors (Lipinski definition) is 3. The number of benzene rings is 4. The Morgan fingerprint density at radius 3 is 2.42 bits per heavy atom. The van der Waals surface area contributed by atoms with E-state index < -0.39 is 31.5 Å². The second kappa shape index (κ2) is 11.9. The van der Waals surface area contributed by atoms with Gasteiger partial charge in [0.1, 0.15) is 5.75 Å². The van der Waals surface area contributed by atoms with Crippen molar-refractivity contribution in [2.24, 2.45) is 5.92 Å². The molecule has 3 amide bonds. The number of hydrogen-bond acceptors (Lipinski definition) is 7. The van der Waals surface area contributed by atoms with E-state index >= 15 is 0 Å². The number of carbonyl (C=O) groups is 3. The molecule has 4 heterocycles. The van der Waals surface area contributed by atoms with E-state index in [0.717, 1.165) is 11.1 Å². The average Bonchev–Trinajstić information content (AvgIpc) is 3.51. The van der Waals surface area contributed by atoms with Gasteiger partial charge in [-0.3, -0.25) is 19.3 Å². The van der Waals surface area contributed by atoms with Crippen molar-refractivity contribution < 1.29 is 33.8 Å². The van der Waals surface area contributed by atoms with Crippen LogP contribution in [0.2, 0.25) is 18.6 Å². The van der Waals surface area contributed by atoms with Crippen LogP contribution in [0.3, 0.4) is 0 Å². The van der Waals surface area contributed by atoms with E-state index in [1.807, 2.05) is 80.7 Å². The molecular formula is C39H39N3O7Si. The average molecular weight is 690 g/mol. The summed E-state index contributed by atoms with van der Waals surface area (Å²) < 4.78 is 13.0. The van der Waals surface area contributed by atoms with E-state index in [0.29, 0.717) is 52.7 Å². The zero-order valence-electron chi connectivity index (χ0n) is 28.1. The van der Waals surface area contributed by atoms with Gasteiger partial charge in [0.05, 0.1) is 36.4 Å². The second-order valence-corrected chi connectivity index (χ2v) is 18.3. The summed E-state index contributed by atoms with van der Waals surface area (Å²) in [6.07, 6.45) is -0.275. The predicted octanol–water partition coefficient (Wildman–Crippen LogP) is 5.86. The minimum Gasteiger partial charge on any atom is -0.454 e. The predicted molar refractivity (Wildman–Crippen MR) is 190 cm³/mol. The standard InChI is InChI=1S/C39H39N3O7Si/c1-23-36(50(2,3)47)34(20-35(44)41-21-25-11-5-4-10-24(25)18-27(41)22-43)49-39(23)29-19-26(16-17-30(29)40-38(39)46)42-31-13-7-9-15-33(31)48-32-14-8-6-12-28(32)37(42)45/h4-17,19,23,27,34,36,43,47H,18,20-22H2,1-3H3,(H,40,46)/t23-,27+,34+,36-,39+/m1/s1. The third kappa shape index (κ3) is 4.98. The Kier molecular flexibility index (Phi) is 7.72. The van der Waals surface area contributed by atoms with E-state index in [-0.39, 0.29) is 36.8 Å². The number of nitrogens with one attached hydrogen (secondary N) is 1. The van der Waals surface area contributed by atoms with Crippen LogP contribution in [0.15, 0.2) is 91.0 Å². The number of carbonyl (C=O) groups excluding carboxylic acids is 3. The molecule has 4 aliphatic rings. The maximum Gasteiger partial charge on any atom is 0.266 e. The first-order valence-corrected chi connectivity index (χ1v) is 20.1. The van der Waals surface area contributed by atoms with E-state index in [2.05, 4.69) is 5.32 Å². The Bertz CT molecular complexity index is 2050. The molecule has 1 saturated heterocycles. The minimum absolute atomic E-state index is 0.0547. The number of nitrogens with zero attached hydrogens (tertiary/aromatic N) is 2. The first-order valence-electron chi connectivity index (χ1n) is 17.0. The van der Waals surface area contributed by atoms with Crippen LogP contribution in [0.4, 0.5) is 17.1 Å². The van der Waals surface area contributed by atoms with Gasteiger partial charge < -0.3 is 29.6 Å². The first-order chi connectivity index (χ1) is 24.0. The van der Waals surface area contributed by atoms with Gasteiger partial charge in [0.15, 0.2) is 19.7 Å². The molecule has 4 aliphatic heterocycles. The lowest BCUT2D eigenvalue weighted by atomic mass is 9.82. The van der Waals surface area contributed by atoms with E-state index in [1.165, 1.54) is 0 Å². The molecule has 0 aliphatic carbocycles. The first kappa shape index (κ1) is 32.4. The molecule has 0 bridgehead atoms. The Morgan fingerprint density at radius 1 is 0.960 bits per heavy atom. The number of rotatable bonds is 5. The molecule has 0 aromatic heterocycles. The van der Waals surface area contributed by atoms with Crippen LogP contribution in [0.25, 0.3) is 0 Å². The third-order valence-corrected chi connectivity index (χ3v) is 13.4. The molecule has 1 spiro atoms. The van der Waals surface area contributed by atoms with Crippen molar-refractivity contribution in [1.82, 2.24) is 4.90 Å². The van der Waals surface area contributed by atoms with Crippen LogP contribution in [0.5, 0.6) is 11.5 Å². The number of aliphatic hydroxyl groups is 1. The maximum absolute atomic E-state index is 14.2. The van der Waals surface area contributed by atoms with Crippen molar-refractivity contribution in [3.05, 3.63) is 113 Å². The molecule has 11 heteroatoms. The summed E-state index contributed by atoms with van der Waals surface area (Å²) in [7, 11) is -3.05. The second-order valence-electron chi connectivity index (χ2n) is 14.3. The van der Waals surface area contributed by atoms with Crippen molar-refractivity contribution in [1.29, 1.82) is 0 Å². The molecule has 8 rings (SSSR count). The summed E-state index contributed by atoms with van der Waals surface area (Å²) in [5.41, 5.74) is 2.71. The number of fused-ring (bicyclic) bond motifs is 5. The van der Waals surface area contributed by atoms with Crippen LogP contribution in [-0.2, 0) is 32.9 Å². The zero-order valence-corrected chi connectivity index (χ0v) is 29.1. The van der Waals surface area contributed by atoms with E-state index in [9.17, 15) is 24.3 Å². The molecule has 256 valence electrons. The van der Waals surface area contributed by atoms with Gasteiger partial charge in [-0.25, -0.2) is 0 Å². The summed E-state index contributed by atoms with van der Waals surface area (Å²) in [6, 6.07) is 27.3. The van der Waals surface area contributed by atoms with Crippen molar-refractivity contribution >= 4 is 43.1 Å².